The van der Waals surface area contributed by atoms with E-state index in [1.165, 1.54) is 18.7 Å². The molecule has 1 aliphatic rings. The Bertz CT molecular complexity index is 948. The lowest BCUT2D eigenvalue weighted by molar-refractivity contribution is 0.00542. The summed E-state index contributed by atoms with van der Waals surface area (Å²) in [5.41, 5.74) is -0.268. The number of aryl methyl sites for hydroxylation is 1. The van der Waals surface area contributed by atoms with Crippen molar-refractivity contribution in [2.75, 3.05) is 11.9 Å². The van der Waals surface area contributed by atoms with Gasteiger partial charge in [-0.2, -0.15) is 10.4 Å². The molecule has 25 heavy (non-hydrogen) atoms. The summed E-state index contributed by atoms with van der Waals surface area (Å²) in [5, 5.41) is 16.8. The fourth-order valence-electron chi connectivity index (χ4n) is 3.13. The maximum atomic E-state index is 12.2. The van der Waals surface area contributed by atoms with Gasteiger partial charge >= 0.3 is 5.69 Å². The number of nitrogens with one attached hydrogen (secondary N) is 1. The van der Waals surface area contributed by atoms with Gasteiger partial charge in [0.15, 0.2) is 5.56 Å². The first kappa shape index (κ1) is 17.0. The Morgan fingerprint density at radius 1 is 1.32 bits per heavy atom. The predicted molar refractivity (Wildman–Crippen MR) is 90.2 cm³/mol. The van der Waals surface area contributed by atoms with Gasteiger partial charge in [-0.15, -0.1) is 0 Å². The highest BCUT2D eigenvalue weighted by Gasteiger charge is 2.30. The molecule has 2 aromatic rings. The van der Waals surface area contributed by atoms with Gasteiger partial charge in [0.05, 0.1) is 12.2 Å². The van der Waals surface area contributed by atoms with Gasteiger partial charge in [-0.3, -0.25) is 18.6 Å². The highest BCUT2D eigenvalue weighted by molar-refractivity contribution is 5.52. The van der Waals surface area contributed by atoms with E-state index in [4.69, 9.17) is 4.74 Å². The SMILES string of the molecule is Cn1cc([C@H]2OCCC[C@@H]2Nc2c(C#N)c(=O)n(C)c(=O)n2C)cn1. The van der Waals surface area contributed by atoms with Crippen LogP contribution in [0.25, 0.3) is 0 Å². The Kier molecular flexibility index (Phi) is 4.46. The molecule has 0 saturated carbocycles. The number of aromatic nitrogens is 4. The number of anilines is 1. The molecule has 2 atom stereocenters. The molecule has 0 radical (unpaired) electrons. The van der Waals surface area contributed by atoms with Crippen LogP contribution in [0.3, 0.4) is 0 Å². The van der Waals surface area contributed by atoms with E-state index in [2.05, 4.69) is 10.4 Å². The Hall–Kier alpha value is -2.86. The molecular formula is C16H20N6O3. The maximum absolute atomic E-state index is 12.2. The van der Waals surface area contributed by atoms with E-state index in [9.17, 15) is 14.9 Å². The van der Waals surface area contributed by atoms with Crippen LogP contribution in [-0.2, 0) is 25.9 Å². The van der Waals surface area contributed by atoms with E-state index >= 15 is 0 Å². The van der Waals surface area contributed by atoms with E-state index in [0.717, 1.165) is 23.0 Å². The fourth-order valence-corrected chi connectivity index (χ4v) is 3.13. The first-order valence-electron chi connectivity index (χ1n) is 8.00. The van der Waals surface area contributed by atoms with E-state index in [0.29, 0.717) is 6.61 Å². The second-order valence-electron chi connectivity index (χ2n) is 6.17. The molecular weight excluding hydrogens is 324 g/mol. The Morgan fingerprint density at radius 2 is 2.08 bits per heavy atom. The van der Waals surface area contributed by atoms with Crippen molar-refractivity contribution in [2.24, 2.45) is 21.1 Å². The highest BCUT2D eigenvalue weighted by Crippen LogP contribution is 2.30. The molecule has 1 N–H and O–H groups in total. The van der Waals surface area contributed by atoms with Gasteiger partial charge in [-0.1, -0.05) is 0 Å². The van der Waals surface area contributed by atoms with Gasteiger partial charge < -0.3 is 10.1 Å². The van der Waals surface area contributed by atoms with Crippen LogP contribution in [0.2, 0.25) is 0 Å². The van der Waals surface area contributed by atoms with E-state index in [1.54, 1.807) is 10.9 Å². The molecule has 3 heterocycles. The maximum Gasteiger partial charge on any atom is 0.332 e. The van der Waals surface area contributed by atoms with Crippen molar-refractivity contribution in [1.29, 1.82) is 5.26 Å². The lowest BCUT2D eigenvalue weighted by Crippen LogP contribution is -2.42. The van der Waals surface area contributed by atoms with Gasteiger partial charge in [0.2, 0.25) is 0 Å². The summed E-state index contributed by atoms with van der Waals surface area (Å²) >= 11 is 0. The zero-order chi connectivity index (χ0) is 18.1. The third-order valence-electron chi connectivity index (χ3n) is 4.47. The van der Waals surface area contributed by atoms with Crippen LogP contribution in [0, 0.1) is 11.3 Å². The predicted octanol–water partition coefficient (Wildman–Crippen LogP) is 0.0214. The van der Waals surface area contributed by atoms with Gasteiger partial charge in [-0.25, -0.2) is 4.79 Å². The molecule has 0 spiro atoms. The number of hydrogen-bond acceptors (Lipinski definition) is 6. The number of hydrogen-bond donors (Lipinski definition) is 1. The summed E-state index contributed by atoms with van der Waals surface area (Å²) in [7, 11) is 4.72. The topological polar surface area (TPSA) is 107 Å². The zero-order valence-electron chi connectivity index (χ0n) is 14.4. The number of rotatable bonds is 3. The monoisotopic (exact) mass is 344 g/mol. The summed E-state index contributed by atoms with van der Waals surface area (Å²) < 4.78 is 9.80. The molecule has 1 saturated heterocycles. The minimum absolute atomic E-state index is 0.0832. The molecule has 0 aromatic carbocycles. The smallest absolute Gasteiger partial charge is 0.332 e. The Morgan fingerprint density at radius 3 is 2.72 bits per heavy atom. The van der Waals surface area contributed by atoms with E-state index in [1.807, 2.05) is 19.3 Å². The molecule has 2 aromatic heterocycles. The van der Waals surface area contributed by atoms with E-state index < -0.39 is 11.2 Å². The Balaban J connectivity index is 2.02. The lowest BCUT2D eigenvalue weighted by atomic mass is 9.98. The summed E-state index contributed by atoms with van der Waals surface area (Å²) in [6, 6.07) is 1.73. The fraction of sp³-hybridized carbons (Fsp3) is 0.500. The normalized spacial score (nSPS) is 20.2. The summed E-state index contributed by atoms with van der Waals surface area (Å²) in [4.78, 5) is 24.4. The molecule has 1 aliphatic heterocycles. The number of nitriles is 1. The lowest BCUT2D eigenvalue weighted by Gasteiger charge is -2.33. The van der Waals surface area contributed by atoms with Gasteiger partial charge in [0, 0.05) is 39.5 Å². The van der Waals surface area contributed by atoms with Crippen molar-refractivity contribution in [2.45, 2.75) is 25.0 Å². The van der Waals surface area contributed by atoms with E-state index in [-0.39, 0.29) is 23.5 Å². The van der Waals surface area contributed by atoms with Crippen molar-refractivity contribution in [3.8, 4) is 6.07 Å². The molecule has 9 nitrogen and oxygen atoms in total. The second-order valence-corrected chi connectivity index (χ2v) is 6.17. The molecule has 0 aliphatic carbocycles. The largest absolute Gasteiger partial charge is 0.371 e. The Labute approximate surface area is 144 Å². The van der Waals surface area contributed by atoms with Gasteiger partial charge in [-0.05, 0) is 12.8 Å². The van der Waals surface area contributed by atoms with Crippen molar-refractivity contribution >= 4 is 5.82 Å². The molecule has 1 fully saturated rings. The van der Waals surface area contributed by atoms with Crippen LogP contribution in [-0.4, -0.2) is 31.6 Å². The quantitative estimate of drug-likeness (QED) is 0.841. The summed E-state index contributed by atoms with van der Waals surface area (Å²) in [5.74, 6) is 0.222. The average molecular weight is 344 g/mol. The second kappa shape index (κ2) is 6.57. The molecule has 0 amide bonds. The summed E-state index contributed by atoms with van der Waals surface area (Å²) in [6.07, 6.45) is 4.97. The van der Waals surface area contributed by atoms with Gasteiger partial charge in [0.25, 0.3) is 5.56 Å². The molecule has 9 heteroatoms. The number of ether oxygens (including phenoxy) is 1. The van der Waals surface area contributed by atoms with Crippen LogP contribution in [0.1, 0.15) is 30.1 Å². The average Bonchev–Trinajstić information content (AvgIpc) is 3.05. The zero-order valence-corrected chi connectivity index (χ0v) is 14.4. The van der Waals surface area contributed by atoms with Crippen LogP contribution in [0.15, 0.2) is 22.0 Å². The van der Waals surface area contributed by atoms with Crippen LogP contribution < -0.4 is 16.6 Å². The molecule has 0 unspecified atom stereocenters. The summed E-state index contributed by atoms with van der Waals surface area (Å²) in [6.45, 7) is 0.623. The third kappa shape index (κ3) is 2.96. The molecule has 0 bridgehead atoms. The standard InChI is InChI=1S/C16H20N6O3/c1-20-9-10(8-18-20)13-12(5-4-6-25-13)19-14-11(7-17)15(23)22(3)16(24)21(14)2/h8-9,12-13,19H,4-6H2,1-3H3/t12-,13+/m0/s1. The van der Waals surface area contributed by atoms with Crippen molar-refractivity contribution in [3.05, 3.63) is 44.4 Å². The van der Waals surface area contributed by atoms with Crippen molar-refractivity contribution < 1.29 is 4.74 Å². The van der Waals surface area contributed by atoms with Crippen LogP contribution in [0.5, 0.6) is 0 Å². The minimum Gasteiger partial charge on any atom is -0.371 e. The first-order valence-corrected chi connectivity index (χ1v) is 8.00. The van der Waals surface area contributed by atoms with Gasteiger partial charge in [0.1, 0.15) is 18.0 Å². The van der Waals surface area contributed by atoms with Crippen LogP contribution >= 0.6 is 0 Å². The van der Waals surface area contributed by atoms with Crippen molar-refractivity contribution in [1.82, 2.24) is 18.9 Å². The van der Waals surface area contributed by atoms with Crippen molar-refractivity contribution in [3.63, 3.8) is 0 Å². The highest BCUT2D eigenvalue weighted by atomic mass is 16.5. The minimum atomic E-state index is -0.609. The molecule has 132 valence electrons. The molecule has 3 rings (SSSR count). The first-order chi connectivity index (χ1) is 11.9. The van der Waals surface area contributed by atoms with Crippen LogP contribution in [0.4, 0.5) is 5.82 Å². The third-order valence-corrected chi connectivity index (χ3v) is 4.47. The number of nitrogens with zero attached hydrogens (tertiary/aromatic N) is 5.